The van der Waals surface area contributed by atoms with Crippen LogP contribution in [0.25, 0.3) is 0 Å². The van der Waals surface area contributed by atoms with Crippen molar-refractivity contribution in [3.05, 3.63) is 76.7 Å². The van der Waals surface area contributed by atoms with Gasteiger partial charge in [-0.25, -0.2) is 0 Å². The zero-order valence-corrected chi connectivity index (χ0v) is 18.2. The van der Waals surface area contributed by atoms with Gasteiger partial charge in [-0.15, -0.1) is 0 Å². The van der Waals surface area contributed by atoms with Crippen molar-refractivity contribution in [2.45, 2.75) is 6.92 Å². The molecule has 0 aliphatic rings. The molecule has 1 aromatic heterocycles. The first kappa shape index (κ1) is 22.1. The number of rotatable bonds is 8. The number of benzene rings is 2. The number of likely N-dealkylation sites (N-methyl/N-ethyl adjacent to an activating group) is 1. The second kappa shape index (κ2) is 10.4. The van der Waals surface area contributed by atoms with Crippen LogP contribution in [-0.2, 0) is 4.79 Å². The number of carbonyl (C=O) groups excluding carboxylic acids is 3. The first-order valence-corrected chi connectivity index (χ1v) is 10.2. The Morgan fingerprint density at radius 1 is 0.935 bits per heavy atom. The molecule has 0 unspecified atom stereocenters. The molecule has 3 N–H and O–H groups in total. The zero-order valence-electron chi connectivity index (χ0n) is 16.6. The van der Waals surface area contributed by atoms with E-state index in [9.17, 15) is 14.4 Å². The predicted molar refractivity (Wildman–Crippen MR) is 119 cm³/mol. The van der Waals surface area contributed by atoms with Crippen LogP contribution in [-0.4, -0.2) is 30.9 Å². The van der Waals surface area contributed by atoms with Gasteiger partial charge in [-0.3, -0.25) is 14.4 Å². The van der Waals surface area contributed by atoms with Crippen LogP contribution in [0.15, 0.2) is 69.8 Å². The Morgan fingerprint density at radius 2 is 1.65 bits per heavy atom. The maximum absolute atomic E-state index is 12.6. The van der Waals surface area contributed by atoms with Gasteiger partial charge in [0.05, 0.1) is 0 Å². The Kier molecular flexibility index (Phi) is 7.45. The van der Waals surface area contributed by atoms with Gasteiger partial charge < -0.3 is 25.1 Å². The molecule has 0 aliphatic carbocycles. The summed E-state index contributed by atoms with van der Waals surface area (Å²) in [6.07, 6.45) is 0. The number of amides is 3. The third-order valence-electron chi connectivity index (χ3n) is 4.02. The largest absolute Gasteiger partial charge is 0.484 e. The topological polar surface area (TPSA) is 110 Å². The fraction of sp³-hybridized carbons (Fsp3) is 0.136. The van der Waals surface area contributed by atoms with E-state index in [1.54, 1.807) is 54.6 Å². The number of furan rings is 1. The third kappa shape index (κ3) is 6.45. The molecule has 3 aromatic rings. The summed E-state index contributed by atoms with van der Waals surface area (Å²) in [5.41, 5.74) is 1.31. The molecule has 0 fully saturated rings. The van der Waals surface area contributed by atoms with Gasteiger partial charge in [0.15, 0.2) is 17.0 Å². The molecule has 0 atom stereocenters. The van der Waals surface area contributed by atoms with Gasteiger partial charge in [0.1, 0.15) is 5.75 Å². The highest BCUT2D eigenvalue weighted by Crippen LogP contribution is 2.20. The van der Waals surface area contributed by atoms with Crippen LogP contribution in [0.4, 0.5) is 11.4 Å². The second-order valence-corrected chi connectivity index (χ2v) is 7.14. The van der Waals surface area contributed by atoms with E-state index in [2.05, 4.69) is 31.9 Å². The van der Waals surface area contributed by atoms with Gasteiger partial charge in [0.25, 0.3) is 17.7 Å². The van der Waals surface area contributed by atoms with E-state index in [1.165, 1.54) is 6.07 Å². The van der Waals surface area contributed by atoms with E-state index >= 15 is 0 Å². The Morgan fingerprint density at radius 3 is 2.35 bits per heavy atom. The lowest BCUT2D eigenvalue weighted by Gasteiger charge is -2.10. The summed E-state index contributed by atoms with van der Waals surface area (Å²) >= 11 is 3.15. The summed E-state index contributed by atoms with van der Waals surface area (Å²) in [5.74, 6) is -0.420. The Balaban J connectivity index is 1.63. The van der Waals surface area contributed by atoms with Crippen LogP contribution >= 0.6 is 15.9 Å². The van der Waals surface area contributed by atoms with E-state index in [0.29, 0.717) is 33.9 Å². The molecule has 1 heterocycles. The van der Waals surface area contributed by atoms with Crippen molar-refractivity contribution in [2.75, 3.05) is 23.8 Å². The van der Waals surface area contributed by atoms with Crippen molar-refractivity contribution in [1.29, 1.82) is 0 Å². The van der Waals surface area contributed by atoms with Gasteiger partial charge in [-0.2, -0.15) is 0 Å². The standard InChI is InChI=1S/C22H20BrN3O5/c1-2-24-20(27)13-30-17-8-4-7-16(12-17)25-21(28)14-5-3-6-15(11-14)26-22(29)18-9-10-19(23)31-18/h3-12H,2,13H2,1H3,(H,24,27)(H,25,28)(H,26,29). The third-order valence-corrected chi connectivity index (χ3v) is 4.44. The molecule has 0 saturated heterocycles. The van der Waals surface area contributed by atoms with Gasteiger partial charge in [-0.05, 0) is 65.3 Å². The molecular formula is C22H20BrN3O5. The van der Waals surface area contributed by atoms with Crippen LogP contribution in [0.2, 0.25) is 0 Å². The molecule has 160 valence electrons. The smallest absolute Gasteiger partial charge is 0.291 e. The number of carbonyl (C=O) groups is 3. The molecule has 9 heteroatoms. The van der Waals surface area contributed by atoms with Crippen molar-refractivity contribution in [3.63, 3.8) is 0 Å². The molecular weight excluding hydrogens is 466 g/mol. The zero-order chi connectivity index (χ0) is 22.2. The molecule has 31 heavy (non-hydrogen) atoms. The first-order chi connectivity index (χ1) is 14.9. The summed E-state index contributed by atoms with van der Waals surface area (Å²) in [5, 5.41) is 8.10. The van der Waals surface area contributed by atoms with Gasteiger partial charge in [0.2, 0.25) is 0 Å². The first-order valence-electron chi connectivity index (χ1n) is 9.42. The van der Waals surface area contributed by atoms with Crippen LogP contribution in [0, 0.1) is 0 Å². The number of hydrogen-bond donors (Lipinski definition) is 3. The molecule has 8 nitrogen and oxygen atoms in total. The van der Waals surface area contributed by atoms with Gasteiger partial charge in [-0.1, -0.05) is 12.1 Å². The lowest BCUT2D eigenvalue weighted by molar-refractivity contribution is -0.122. The number of nitrogens with one attached hydrogen (secondary N) is 3. The van der Waals surface area contributed by atoms with Crippen molar-refractivity contribution in [3.8, 4) is 5.75 Å². The lowest BCUT2D eigenvalue weighted by atomic mass is 10.1. The minimum atomic E-state index is -0.430. The van der Waals surface area contributed by atoms with Crippen LogP contribution in [0.3, 0.4) is 0 Å². The monoisotopic (exact) mass is 485 g/mol. The summed E-state index contributed by atoms with van der Waals surface area (Å²) in [4.78, 5) is 36.4. The quantitative estimate of drug-likeness (QED) is 0.445. The maximum atomic E-state index is 12.6. The Bertz CT molecular complexity index is 1100. The molecule has 3 amide bonds. The van der Waals surface area contributed by atoms with Crippen LogP contribution in [0.5, 0.6) is 5.75 Å². The predicted octanol–water partition coefficient (Wildman–Crippen LogP) is 4.06. The molecule has 0 radical (unpaired) electrons. The number of halogens is 1. The molecule has 0 spiro atoms. The fourth-order valence-corrected chi connectivity index (χ4v) is 2.94. The average molecular weight is 486 g/mol. The van der Waals surface area contributed by atoms with E-state index in [4.69, 9.17) is 9.15 Å². The number of hydrogen-bond acceptors (Lipinski definition) is 5. The summed E-state index contributed by atoms with van der Waals surface area (Å²) in [7, 11) is 0. The minimum absolute atomic E-state index is 0.112. The highest BCUT2D eigenvalue weighted by atomic mass is 79.9. The summed E-state index contributed by atoms with van der Waals surface area (Å²) in [6, 6.07) is 16.4. The van der Waals surface area contributed by atoms with Crippen molar-refractivity contribution < 1.29 is 23.5 Å². The Labute approximate surface area is 187 Å². The van der Waals surface area contributed by atoms with Gasteiger partial charge >= 0.3 is 0 Å². The van der Waals surface area contributed by atoms with Crippen LogP contribution in [0.1, 0.15) is 27.8 Å². The van der Waals surface area contributed by atoms with Crippen molar-refractivity contribution in [2.24, 2.45) is 0 Å². The van der Waals surface area contributed by atoms with Crippen LogP contribution < -0.4 is 20.7 Å². The molecule has 3 rings (SSSR count). The van der Waals surface area contributed by atoms with Crippen molar-refractivity contribution >= 4 is 45.0 Å². The van der Waals surface area contributed by atoms with E-state index in [-0.39, 0.29) is 24.2 Å². The number of ether oxygens (including phenoxy) is 1. The minimum Gasteiger partial charge on any atom is -0.484 e. The maximum Gasteiger partial charge on any atom is 0.291 e. The van der Waals surface area contributed by atoms with E-state index in [1.807, 2.05) is 6.92 Å². The lowest BCUT2D eigenvalue weighted by Crippen LogP contribution is -2.28. The fourth-order valence-electron chi connectivity index (χ4n) is 2.63. The highest BCUT2D eigenvalue weighted by molar-refractivity contribution is 9.10. The second-order valence-electron chi connectivity index (χ2n) is 6.36. The summed E-state index contributed by atoms with van der Waals surface area (Å²) in [6.45, 7) is 2.24. The molecule has 0 bridgehead atoms. The Hall–Kier alpha value is -3.59. The molecule has 2 aromatic carbocycles. The highest BCUT2D eigenvalue weighted by Gasteiger charge is 2.13. The molecule has 0 saturated carbocycles. The normalized spacial score (nSPS) is 10.3. The van der Waals surface area contributed by atoms with Crippen molar-refractivity contribution in [1.82, 2.24) is 5.32 Å². The average Bonchev–Trinajstić information content (AvgIpc) is 3.19. The van der Waals surface area contributed by atoms with E-state index in [0.717, 1.165) is 0 Å². The van der Waals surface area contributed by atoms with E-state index < -0.39 is 5.91 Å². The van der Waals surface area contributed by atoms with Gasteiger partial charge in [0, 0.05) is 29.5 Å². The molecule has 0 aliphatic heterocycles. The number of anilines is 2. The SMILES string of the molecule is CCNC(=O)COc1cccc(NC(=O)c2cccc(NC(=O)c3ccc(Br)o3)c2)c1. The summed E-state index contributed by atoms with van der Waals surface area (Å²) < 4.78 is 11.1.